The molecule has 1 fully saturated rings. The van der Waals surface area contributed by atoms with Crippen LogP contribution in [0.25, 0.3) is 0 Å². The molecule has 1 aliphatic rings. The predicted octanol–water partition coefficient (Wildman–Crippen LogP) is 6.75. The summed E-state index contributed by atoms with van der Waals surface area (Å²) < 4.78 is 51.9. The van der Waals surface area contributed by atoms with E-state index in [0.717, 1.165) is 37.9 Å². The maximum absolute atomic E-state index is 13.8. The molecule has 1 heterocycles. The largest absolute Gasteiger partial charge is 0.465 e. The Morgan fingerprint density at radius 2 is 1.79 bits per heavy atom. The van der Waals surface area contributed by atoms with Crippen molar-refractivity contribution in [2.45, 2.75) is 65.1 Å². The lowest BCUT2D eigenvalue weighted by Gasteiger charge is -2.34. The Hall–Kier alpha value is -2.95. The second-order valence-electron chi connectivity index (χ2n) is 10.1. The minimum Gasteiger partial charge on any atom is -0.465 e. The molecule has 1 aromatic carbocycles. The number of rotatable bonds is 9. The van der Waals surface area contributed by atoms with Gasteiger partial charge in [-0.1, -0.05) is 22.9 Å². The summed E-state index contributed by atoms with van der Waals surface area (Å²) in [5.41, 5.74) is -0.792. The molecule has 1 aromatic heterocycles. The molecule has 0 bridgehead atoms. The van der Waals surface area contributed by atoms with Gasteiger partial charge < -0.3 is 14.4 Å². The smallest absolute Gasteiger partial charge is 0.421 e. The molecule has 0 spiro atoms. The minimum absolute atomic E-state index is 0.00498. The van der Waals surface area contributed by atoms with Crippen LogP contribution in [0.15, 0.2) is 30.5 Å². The van der Waals surface area contributed by atoms with Crippen molar-refractivity contribution in [1.29, 1.82) is 0 Å². The zero-order valence-corrected chi connectivity index (χ0v) is 23.9. The number of amides is 1. The Morgan fingerprint density at radius 1 is 1.13 bits per heavy atom. The summed E-state index contributed by atoms with van der Waals surface area (Å²) in [4.78, 5) is 43.4. The number of hydrogen-bond acceptors (Lipinski definition) is 6. The number of hydrogen-bond donors (Lipinski definition) is 0. The monoisotopic (exact) mass is 612 g/mol. The summed E-state index contributed by atoms with van der Waals surface area (Å²) in [7, 11) is 1.18. The number of ketones is 1. The minimum atomic E-state index is -4.81. The number of esters is 1. The lowest BCUT2D eigenvalue weighted by atomic mass is 9.82. The zero-order chi connectivity index (χ0) is 28.9. The fourth-order valence-electron chi connectivity index (χ4n) is 4.68. The summed E-state index contributed by atoms with van der Waals surface area (Å²) in [6.45, 7) is 5.82. The van der Waals surface area contributed by atoms with Crippen molar-refractivity contribution in [3.05, 3.63) is 47.2 Å². The highest BCUT2D eigenvalue weighted by molar-refractivity contribution is 9.09. The number of alkyl halides is 4. The van der Waals surface area contributed by atoms with Gasteiger partial charge in [-0.15, -0.1) is 0 Å². The maximum atomic E-state index is 13.8. The molecule has 11 heteroatoms. The van der Waals surface area contributed by atoms with E-state index in [1.165, 1.54) is 25.3 Å². The summed E-state index contributed by atoms with van der Waals surface area (Å²) in [6, 6.07) is 4.64. The van der Waals surface area contributed by atoms with Crippen molar-refractivity contribution in [2.24, 2.45) is 11.8 Å². The van der Waals surface area contributed by atoms with Crippen molar-refractivity contribution in [3.8, 4) is 11.6 Å². The van der Waals surface area contributed by atoms with Crippen LogP contribution < -0.4 is 9.64 Å². The number of Topliss-reactive ketones (excluding diaryl/α,β-unsaturated/α-hetero) is 1. The van der Waals surface area contributed by atoms with Gasteiger partial charge in [0.15, 0.2) is 0 Å². The van der Waals surface area contributed by atoms with Crippen LogP contribution in [0.5, 0.6) is 11.6 Å². The number of carbonyl (C=O) groups excluding carboxylic acids is 3. The second-order valence-corrected chi connectivity index (χ2v) is 10.6. The van der Waals surface area contributed by atoms with E-state index in [1.807, 2.05) is 13.8 Å². The van der Waals surface area contributed by atoms with Crippen molar-refractivity contribution in [2.75, 3.05) is 17.3 Å². The molecule has 39 heavy (non-hydrogen) atoms. The first kappa shape index (κ1) is 30.6. The molecule has 1 saturated carbocycles. The molecule has 0 unspecified atom stereocenters. The topological polar surface area (TPSA) is 85.8 Å². The molecular weight excluding hydrogens is 581 g/mol. The van der Waals surface area contributed by atoms with E-state index in [-0.39, 0.29) is 52.3 Å². The van der Waals surface area contributed by atoms with E-state index in [0.29, 0.717) is 11.6 Å². The third kappa shape index (κ3) is 7.58. The maximum Gasteiger partial charge on any atom is 0.421 e. The summed E-state index contributed by atoms with van der Waals surface area (Å²) in [5, 5.41) is 0.00498. The van der Waals surface area contributed by atoms with Crippen LogP contribution in [0.3, 0.4) is 0 Å². The molecule has 3 rings (SSSR count). The normalized spacial score (nSPS) is 17.6. The molecule has 7 nitrogen and oxygen atoms in total. The Balaban J connectivity index is 1.99. The van der Waals surface area contributed by atoms with Gasteiger partial charge in [-0.25, -0.2) is 9.78 Å². The number of anilines is 1. The van der Waals surface area contributed by atoms with Gasteiger partial charge in [0, 0.05) is 24.6 Å². The van der Waals surface area contributed by atoms with Gasteiger partial charge in [-0.3, -0.25) is 9.59 Å². The number of methoxy groups -OCH3 is 1. The molecule has 1 amide bonds. The first-order valence-corrected chi connectivity index (χ1v) is 13.8. The van der Waals surface area contributed by atoms with Gasteiger partial charge in [-0.05, 0) is 75.3 Å². The van der Waals surface area contributed by atoms with E-state index in [1.54, 1.807) is 4.90 Å². The number of aromatic nitrogens is 1. The number of benzene rings is 1. The highest BCUT2D eigenvalue weighted by atomic mass is 79.9. The molecule has 2 aromatic rings. The van der Waals surface area contributed by atoms with Crippen LogP contribution >= 0.6 is 15.9 Å². The molecule has 0 N–H and O–H groups in total. The highest BCUT2D eigenvalue weighted by Crippen LogP contribution is 2.39. The quantitative estimate of drug-likeness (QED) is 0.230. The van der Waals surface area contributed by atoms with Crippen LogP contribution in [0.4, 0.5) is 18.9 Å². The number of pyridine rings is 1. The van der Waals surface area contributed by atoms with Crippen molar-refractivity contribution in [1.82, 2.24) is 4.98 Å². The molecule has 0 aliphatic heterocycles. The van der Waals surface area contributed by atoms with Crippen LogP contribution in [-0.4, -0.2) is 41.1 Å². The number of nitrogens with zero attached hydrogens (tertiary/aromatic N) is 2. The van der Waals surface area contributed by atoms with Crippen LogP contribution in [0.2, 0.25) is 0 Å². The second kappa shape index (κ2) is 12.9. The molecule has 0 radical (unpaired) electrons. The fraction of sp³-hybridized carbons (Fsp3) is 0.500. The predicted molar refractivity (Wildman–Crippen MR) is 143 cm³/mol. The van der Waals surface area contributed by atoms with Crippen LogP contribution in [0.1, 0.15) is 67.9 Å². The Morgan fingerprint density at radius 3 is 2.36 bits per heavy atom. The standard InChI is InChI=1S/C28H32BrF3N2O5/c1-16(2)34(26(36)19-7-5-17(3)6-8-19)24-10-9-21(13-22(24)27(37)38-4)39-25-23(28(30,31)32)12-18(15-33-25)11-20(35)14-29/h9-10,12-13,15-17,19H,5-8,11,14H2,1-4H3. The van der Waals surface area contributed by atoms with Gasteiger partial charge in [0.05, 0.1) is 23.7 Å². The molecule has 1 aliphatic carbocycles. The average molecular weight is 613 g/mol. The molecule has 212 valence electrons. The van der Waals surface area contributed by atoms with Crippen molar-refractivity contribution < 1.29 is 37.0 Å². The van der Waals surface area contributed by atoms with Gasteiger partial charge in [0.1, 0.15) is 17.1 Å². The summed E-state index contributed by atoms with van der Waals surface area (Å²) in [5.74, 6) is -1.62. The van der Waals surface area contributed by atoms with E-state index in [4.69, 9.17) is 9.47 Å². The lowest BCUT2D eigenvalue weighted by molar-refractivity contribution is -0.139. The van der Waals surface area contributed by atoms with Gasteiger partial charge in [-0.2, -0.15) is 13.2 Å². The van der Waals surface area contributed by atoms with E-state index >= 15 is 0 Å². The zero-order valence-electron chi connectivity index (χ0n) is 22.3. The molecular formula is C28H32BrF3N2O5. The lowest BCUT2D eigenvalue weighted by Crippen LogP contribution is -2.43. The average Bonchev–Trinajstić information content (AvgIpc) is 2.89. The third-order valence-electron chi connectivity index (χ3n) is 6.73. The fourth-order valence-corrected chi connectivity index (χ4v) is 4.88. The molecule has 0 atom stereocenters. The van der Waals surface area contributed by atoms with E-state index < -0.39 is 23.6 Å². The SMILES string of the molecule is COC(=O)c1cc(Oc2ncc(CC(=O)CBr)cc2C(F)(F)F)ccc1N(C(=O)C1CCC(C)CC1)C(C)C. The van der Waals surface area contributed by atoms with Crippen LogP contribution in [-0.2, 0) is 26.9 Å². The Labute approximate surface area is 234 Å². The Bertz CT molecular complexity index is 1210. The Kier molecular flexibility index (Phi) is 10.1. The van der Waals surface area contributed by atoms with Crippen LogP contribution in [0, 0.1) is 11.8 Å². The third-order valence-corrected chi connectivity index (χ3v) is 7.36. The number of halogens is 4. The van der Waals surface area contributed by atoms with Crippen molar-refractivity contribution >= 4 is 39.3 Å². The molecule has 0 saturated heterocycles. The number of ether oxygens (including phenoxy) is 2. The summed E-state index contributed by atoms with van der Waals surface area (Å²) >= 11 is 2.99. The first-order chi connectivity index (χ1) is 18.3. The highest BCUT2D eigenvalue weighted by Gasteiger charge is 2.37. The van der Waals surface area contributed by atoms with Gasteiger partial charge >= 0.3 is 12.1 Å². The first-order valence-electron chi connectivity index (χ1n) is 12.7. The van der Waals surface area contributed by atoms with E-state index in [2.05, 4.69) is 27.8 Å². The van der Waals surface area contributed by atoms with Gasteiger partial charge in [0.25, 0.3) is 0 Å². The van der Waals surface area contributed by atoms with Gasteiger partial charge in [0.2, 0.25) is 11.8 Å². The number of carbonyl (C=O) groups is 3. The van der Waals surface area contributed by atoms with E-state index in [9.17, 15) is 27.6 Å². The van der Waals surface area contributed by atoms with Crippen molar-refractivity contribution in [3.63, 3.8) is 0 Å². The summed E-state index contributed by atoms with van der Waals surface area (Å²) in [6.07, 6.45) is -0.499.